The van der Waals surface area contributed by atoms with Crippen LogP contribution in [0.4, 0.5) is 0 Å². The van der Waals surface area contributed by atoms with Crippen LogP contribution in [0.25, 0.3) is 0 Å². The number of hydrogen-bond donors (Lipinski definition) is 0. The number of carbonyl (C=O) groups excluding carboxylic acids is 1. The third-order valence-electron chi connectivity index (χ3n) is 1.68. The van der Waals surface area contributed by atoms with Crippen molar-refractivity contribution in [2.45, 2.75) is 27.7 Å². The maximum atomic E-state index is 10.5. The molecule has 1 aromatic heterocycles. The van der Waals surface area contributed by atoms with Gasteiger partial charge in [0.15, 0.2) is 0 Å². The van der Waals surface area contributed by atoms with Gasteiger partial charge in [-0.05, 0) is 20.8 Å². The topological polar surface area (TPSA) is 61.3 Å². The molecule has 0 bridgehead atoms. The summed E-state index contributed by atoms with van der Waals surface area (Å²) in [7, 11) is 0. The smallest absolute Gasteiger partial charge is 0.264 e. The largest absolute Gasteiger partial charge is 0.352 e. The van der Waals surface area contributed by atoms with Gasteiger partial charge in [0.25, 0.3) is 5.88 Å². The minimum Gasteiger partial charge on any atom is -0.264 e. The van der Waals surface area contributed by atoms with Crippen molar-refractivity contribution in [1.29, 1.82) is 0 Å². The summed E-state index contributed by atoms with van der Waals surface area (Å²) in [5, 5.41) is 0. The highest BCUT2D eigenvalue weighted by Crippen LogP contribution is 2.14. The second kappa shape index (κ2) is 4.04. The average molecular weight is 196 g/mol. The lowest BCUT2D eigenvalue weighted by Crippen LogP contribution is -2.07. The van der Waals surface area contributed by atoms with Crippen molar-refractivity contribution in [3.8, 4) is 5.88 Å². The van der Waals surface area contributed by atoms with Gasteiger partial charge < -0.3 is 0 Å². The van der Waals surface area contributed by atoms with E-state index in [9.17, 15) is 4.79 Å². The Balaban J connectivity index is 2.87. The SMILES string of the molecule is CC(=O)OOc1nc(C)c(C)nc1C. The molecule has 5 nitrogen and oxygen atoms in total. The van der Waals surface area contributed by atoms with Crippen LogP contribution in [0, 0.1) is 20.8 Å². The summed E-state index contributed by atoms with van der Waals surface area (Å²) >= 11 is 0. The van der Waals surface area contributed by atoms with Crippen LogP contribution in [0.15, 0.2) is 0 Å². The molecule has 0 spiro atoms. The second-order valence-corrected chi connectivity index (χ2v) is 2.94. The van der Waals surface area contributed by atoms with E-state index in [1.807, 2.05) is 13.8 Å². The van der Waals surface area contributed by atoms with Crippen molar-refractivity contribution in [3.05, 3.63) is 17.1 Å². The van der Waals surface area contributed by atoms with E-state index in [0.717, 1.165) is 11.4 Å². The van der Waals surface area contributed by atoms with Gasteiger partial charge in [0, 0.05) is 6.92 Å². The average Bonchev–Trinajstić information content (AvgIpc) is 2.09. The lowest BCUT2D eigenvalue weighted by atomic mass is 10.3. The zero-order valence-electron chi connectivity index (χ0n) is 8.62. The summed E-state index contributed by atoms with van der Waals surface area (Å²) in [5.41, 5.74) is 2.17. The van der Waals surface area contributed by atoms with Gasteiger partial charge in [-0.3, -0.25) is 9.87 Å². The van der Waals surface area contributed by atoms with E-state index in [-0.39, 0.29) is 5.88 Å². The Morgan fingerprint density at radius 1 is 1.07 bits per heavy atom. The van der Waals surface area contributed by atoms with Gasteiger partial charge in [0.1, 0.15) is 5.69 Å². The van der Waals surface area contributed by atoms with Crippen LogP contribution in [0.5, 0.6) is 5.88 Å². The lowest BCUT2D eigenvalue weighted by molar-refractivity contribution is -0.212. The van der Waals surface area contributed by atoms with Crippen LogP contribution in [0.2, 0.25) is 0 Å². The molecule has 0 radical (unpaired) electrons. The third-order valence-corrected chi connectivity index (χ3v) is 1.68. The zero-order valence-corrected chi connectivity index (χ0v) is 8.62. The van der Waals surface area contributed by atoms with Gasteiger partial charge in [-0.15, -0.1) is 0 Å². The fourth-order valence-corrected chi connectivity index (χ4v) is 0.871. The fourth-order valence-electron chi connectivity index (χ4n) is 0.871. The quantitative estimate of drug-likeness (QED) is 0.526. The van der Waals surface area contributed by atoms with Crippen LogP contribution in [-0.2, 0) is 9.68 Å². The predicted molar refractivity (Wildman–Crippen MR) is 48.6 cm³/mol. The maximum Gasteiger partial charge on any atom is 0.352 e. The summed E-state index contributed by atoms with van der Waals surface area (Å²) in [6.45, 7) is 6.65. The number of rotatable bonds is 2. The van der Waals surface area contributed by atoms with Gasteiger partial charge in [0.2, 0.25) is 0 Å². The first-order valence-corrected chi connectivity index (χ1v) is 4.17. The molecule has 0 aliphatic heterocycles. The molecule has 14 heavy (non-hydrogen) atoms. The van der Waals surface area contributed by atoms with E-state index in [1.54, 1.807) is 6.92 Å². The van der Waals surface area contributed by atoms with Gasteiger partial charge in [-0.1, -0.05) is 0 Å². The van der Waals surface area contributed by atoms with E-state index in [4.69, 9.17) is 4.89 Å². The van der Waals surface area contributed by atoms with Gasteiger partial charge in [-0.25, -0.2) is 14.7 Å². The van der Waals surface area contributed by atoms with Crippen molar-refractivity contribution < 1.29 is 14.6 Å². The highest BCUT2D eigenvalue weighted by Gasteiger charge is 2.08. The monoisotopic (exact) mass is 196 g/mol. The van der Waals surface area contributed by atoms with Crippen LogP contribution in [0.1, 0.15) is 24.0 Å². The molecule has 0 aliphatic rings. The molecule has 1 aromatic rings. The molecule has 0 fully saturated rings. The molecule has 1 rings (SSSR count). The summed E-state index contributed by atoms with van der Waals surface area (Å²) in [5.74, 6) is -0.298. The molecule has 0 amide bonds. The lowest BCUT2D eigenvalue weighted by Gasteiger charge is -2.06. The first kappa shape index (κ1) is 10.4. The molecule has 0 aromatic carbocycles. The molecule has 0 atom stereocenters. The number of carbonyl (C=O) groups is 1. The van der Waals surface area contributed by atoms with E-state index < -0.39 is 5.97 Å². The first-order chi connectivity index (χ1) is 6.50. The van der Waals surface area contributed by atoms with Crippen LogP contribution >= 0.6 is 0 Å². The molecule has 1 heterocycles. The van der Waals surface area contributed by atoms with E-state index in [0.29, 0.717) is 5.69 Å². The van der Waals surface area contributed by atoms with Crippen LogP contribution < -0.4 is 4.89 Å². The van der Waals surface area contributed by atoms with E-state index in [1.165, 1.54) is 6.92 Å². The van der Waals surface area contributed by atoms with Crippen LogP contribution in [-0.4, -0.2) is 15.9 Å². The van der Waals surface area contributed by atoms with Crippen molar-refractivity contribution >= 4 is 5.97 Å². The second-order valence-electron chi connectivity index (χ2n) is 2.94. The van der Waals surface area contributed by atoms with Gasteiger partial charge in [-0.2, -0.15) is 0 Å². The van der Waals surface area contributed by atoms with E-state index in [2.05, 4.69) is 14.9 Å². The first-order valence-electron chi connectivity index (χ1n) is 4.17. The maximum absolute atomic E-state index is 10.5. The Labute approximate surface area is 82.0 Å². The van der Waals surface area contributed by atoms with Gasteiger partial charge >= 0.3 is 5.97 Å². The Kier molecular flexibility index (Phi) is 3.01. The highest BCUT2D eigenvalue weighted by atomic mass is 17.2. The number of nitrogens with zero attached hydrogens (tertiary/aromatic N) is 2. The Morgan fingerprint density at radius 2 is 1.64 bits per heavy atom. The molecule has 0 saturated carbocycles. The summed E-state index contributed by atoms with van der Waals surface area (Å²) in [6.07, 6.45) is 0. The number of aromatic nitrogens is 2. The Bertz CT molecular complexity index is 363. The molecule has 0 aliphatic carbocycles. The molecular weight excluding hydrogens is 184 g/mol. The highest BCUT2D eigenvalue weighted by molar-refractivity contribution is 5.65. The number of hydrogen-bond acceptors (Lipinski definition) is 5. The van der Waals surface area contributed by atoms with Crippen LogP contribution in [0.3, 0.4) is 0 Å². The molecule has 76 valence electrons. The normalized spacial score (nSPS) is 9.71. The fraction of sp³-hybridized carbons (Fsp3) is 0.444. The zero-order chi connectivity index (χ0) is 10.7. The summed E-state index contributed by atoms with van der Waals surface area (Å²) in [4.78, 5) is 27.8. The van der Waals surface area contributed by atoms with Crippen molar-refractivity contribution in [2.24, 2.45) is 0 Å². The molecule has 0 unspecified atom stereocenters. The van der Waals surface area contributed by atoms with Crippen molar-refractivity contribution in [2.75, 3.05) is 0 Å². The molecule has 0 N–H and O–H groups in total. The van der Waals surface area contributed by atoms with Gasteiger partial charge in [0.05, 0.1) is 11.4 Å². The standard InChI is InChI=1S/C9H12N2O3/c1-5-6(2)11-9(7(3)10-5)14-13-8(4)12/h1-4H3. The predicted octanol–water partition coefficient (Wildman–Crippen LogP) is 1.26. The third kappa shape index (κ3) is 2.42. The van der Waals surface area contributed by atoms with E-state index >= 15 is 0 Å². The minimum absolute atomic E-state index is 0.225. The molecule has 0 saturated heterocycles. The van der Waals surface area contributed by atoms with Crippen molar-refractivity contribution in [3.63, 3.8) is 0 Å². The summed E-state index contributed by atoms with van der Waals surface area (Å²) in [6, 6.07) is 0. The summed E-state index contributed by atoms with van der Waals surface area (Å²) < 4.78 is 0. The minimum atomic E-state index is -0.524. The van der Waals surface area contributed by atoms with Crippen molar-refractivity contribution in [1.82, 2.24) is 9.97 Å². The molecule has 5 heteroatoms. The Hall–Kier alpha value is -1.65. The molecular formula is C9H12N2O3. The number of aryl methyl sites for hydroxylation is 3. The Morgan fingerprint density at radius 3 is 2.21 bits per heavy atom.